The molecule has 29 heavy (non-hydrogen) atoms. The molecule has 2 aromatic carbocycles. The van der Waals surface area contributed by atoms with Gasteiger partial charge in [0.2, 0.25) is 0 Å². The summed E-state index contributed by atoms with van der Waals surface area (Å²) in [5, 5.41) is 4.82. The molecule has 1 aliphatic heterocycles. The van der Waals surface area contributed by atoms with Gasteiger partial charge in [-0.05, 0) is 42.8 Å². The Labute approximate surface area is 179 Å². The zero-order chi connectivity index (χ0) is 20.2. The predicted octanol–water partition coefficient (Wildman–Crippen LogP) is 4.34. The van der Waals surface area contributed by atoms with Crippen molar-refractivity contribution in [2.24, 2.45) is 0 Å². The molecule has 0 bridgehead atoms. The molecule has 0 unspecified atom stereocenters. The summed E-state index contributed by atoms with van der Waals surface area (Å²) in [6.07, 6.45) is 0. The molecule has 2 N–H and O–H groups in total. The molecule has 0 aliphatic carbocycles. The van der Waals surface area contributed by atoms with Gasteiger partial charge in [0.25, 0.3) is 5.91 Å². The van der Waals surface area contributed by atoms with E-state index in [1.807, 2.05) is 31.2 Å². The van der Waals surface area contributed by atoms with Crippen molar-refractivity contribution >= 4 is 40.2 Å². The number of amides is 1. The number of benzene rings is 2. The van der Waals surface area contributed by atoms with E-state index in [1.165, 1.54) is 0 Å². The van der Waals surface area contributed by atoms with Crippen molar-refractivity contribution < 1.29 is 9.53 Å². The normalized spacial score (nSPS) is 15.0. The third kappa shape index (κ3) is 4.95. The van der Waals surface area contributed by atoms with Crippen LogP contribution in [-0.2, 0) is 4.74 Å². The Hall–Kier alpha value is -1.99. The van der Waals surface area contributed by atoms with Gasteiger partial charge in [0.15, 0.2) is 0 Å². The zero-order valence-corrected chi connectivity index (χ0v) is 17.9. The molecule has 4 rings (SSSR count). The van der Waals surface area contributed by atoms with Gasteiger partial charge >= 0.3 is 0 Å². The minimum atomic E-state index is -0.0800. The maximum atomic E-state index is 13.0. The van der Waals surface area contributed by atoms with E-state index in [-0.39, 0.29) is 5.91 Å². The van der Waals surface area contributed by atoms with E-state index in [0.717, 1.165) is 59.1 Å². The van der Waals surface area contributed by atoms with Crippen LogP contribution in [0.2, 0.25) is 5.02 Å². The molecule has 3 aromatic rings. The Morgan fingerprint density at radius 2 is 1.97 bits per heavy atom. The topological polar surface area (TPSA) is 57.4 Å². The Balaban J connectivity index is 1.54. The molecule has 5 nitrogen and oxygen atoms in total. The number of carbonyl (C=O) groups is 1. The summed E-state index contributed by atoms with van der Waals surface area (Å²) in [5.41, 5.74) is 2.73. The number of aryl methyl sites for hydroxylation is 1. The quantitative estimate of drug-likeness (QED) is 0.611. The van der Waals surface area contributed by atoms with Gasteiger partial charge in [-0.15, -0.1) is 0 Å². The van der Waals surface area contributed by atoms with Gasteiger partial charge in [-0.25, -0.2) is 0 Å². The lowest BCUT2D eigenvalue weighted by Gasteiger charge is -2.26. The van der Waals surface area contributed by atoms with Crippen LogP contribution in [-0.4, -0.2) is 55.2 Å². The van der Waals surface area contributed by atoms with Gasteiger partial charge in [-0.2, -0.15) is 0 Å². The van der Waals surface area contributed by atoms with Crippen LogP contribution in [0.4, 0.5) is 0 Å². The Morgan fingerprint density at radius 3 is 2.72 bits per heavy atom. The van der Waals surface area contributed by atoms with Crippen LogP contribution < -0.4 is 5.32 Å². The third-order valence-electron chi connectivity index (χ3n) is 4.98. The second-order valence-electron chi connectivity index (χ2n) is 7.14. The molecule has 1 saturated heterocycles. The summed E-state index contributed by atoms with van der Waals surface area (Å²) < 4.78 is 5.37. The van der Waals surface area contributed by atoms with Gasteiger partial charge in [0.1, 0.15) is 5.69 Å². The van der Waals surface area contributed by atoms with E-state index in [9.17, 15) is 4.79 Å². The standard InChI is InChI=1S/C22H24ClN3O2S/c1-15-2-7-18-19(14-15)25-20(21(18)29-17-5-3-16(23)4-6-17)22(27)24-8-9-26-10-12-28-13-11-26/h2-7,14,25H,8-13H2,1H3,(H,24,27). The predicted molar refractivity (Wildman–Crippen MR) is 118 cm³/mol. The lowest BCUT2D eigenvalue weighted by molar-refractivity contribution is 0.0383. The molecule has 1 aliphatic rings. The van der Waals surface area contributed by atoms with Gasteiger partial charge in [-0.1, -0.05) is 35.5 Å². The fourth-order valence-electron chi connectivity index (χ4n) is 3.41. The number of ether oxygens (including phenoxy) is 1. The highest BCUT2D eigenvalue weighted by molar-refractivity contribution is 7.99. The monoisotopic (exact) mass is 429 g/mol. The van der Waals surface area contributed by atoms with Crippen LogP contribution in [0.25, 0.3) is 10.9 Å². The van der Waals surface area contributed by atoms with Crippen molar-refractivity contribution in [2.75, 3.05) is 39.4 Å². The van der Waals surface area contributed by atoms with Crippen LogP contribution in [0, 0.1) is 6.92 Å². The molecule has 152 valence electrons. The van der Waals surface area contributed by atoms with Crippen molar-refractivity contribution in [2.45, 2.75) is 16.7 Å². The first-order valence-electron chi connectivity index (χ1n) is 9.74. The maximum Gasteiger partial charge on any atom is 0.268 e. The highest BCUT2D eigenvalue weighted by atomic mass is 35.5. The van der Waals surface area contributed by atoms with Crippen LogP contribution in [0.3, 0.4) is 0 Å². The highest BCUT2D eigenvalue weighted by Gasteiger charge is 2.19. The average molecular weight is 430 g/mol. The van der Waals surface area contributed by atoms with E-state index in [0.29, 0.717) is 17.3 Å². The summed E-state index contributed by atoms with van der Waals surface area (Å²) in [7, 11) is 0. The van der Waals surface area contributed by atoms with Crippen molar-refractivity contribution in [1.29, 1.82) is 0 Å². The van der Waals surface area contributed by atoms with Gasteiger partial charge in [-0.3, -0.25) is 9.69 Å². The number of hydrogen-bond donors (Lipinski definition) is 2. The summed E-state index contributed by atoms with van der Waals surface area (Å²) >= 11 is 7.59. The van der Waals surface area contributed by atoms with Crippen molar-refractivity contribution in [3.63, 3.8) is 0 Å². The number of rotatable bonds is 6. The lowest BCUT2D eigenvalue weighted by atomic mass is 10.2. The summed E-state index contributed by atoms with van der Waals surface area (Å²) in [5.74, 6) is -0.0800. The van der Waals surface area contributed by atoms with Crippen molar-refractivity contribution in [3.05, 3.63) is 58.7 Å². The summed E-state index contributed by atoms with van der Waals surface area (Å²) in [6.45, 7) is 6.84. The Kier molecular flexibility index (Phi) is 6.45. The molecule has 1 aromatic heterocycles. The first-order chi connectivity index (χ1) is 14.1. The SMILES string of the molecule is Cc1ccc2c(Sc3ccc(Cl)cc3)c(C(=O)NCCN3CCOCC3)[nH]c2c1. The number of carbonyl (C=O) groups excluding carboxylic acids is 1. The molecule has 1 fully saturated rings. The van der Waals surface area contributed by atoms with Crippen LogP contribution >= 0.6 is 23.4 Å². The summed E-state index contributed by atoms with van der Waals surface area (Å²) in [4.78, 5) is 20.6. The van der Waals surface area contributed by atoms with Gasteiger partial charge in [0.05, 0.1) is 18.1 Å². The summed E-state index contributed by atoms with van der Waals surface area (Å²) in [6, 6.07) is 13.9. The average Bonchev–Trinajstić information content (AvgIpc) is 3.08. The minimum Gasteiger partial charge on any atom is -0.379 e. The molecule has 0 spiro atoms. The molecule has 0 saturated carbocycles. The Bertz CT molecular complexity index is 997. The number of aromatic amines is 1. The van der Waals surface area contributed by atoms with Crippen molar-refractivity contribution in [1.82, 2.24) is 15.2 Å². The smallest absolute Gasteiger partial charge is 0.268 e. The third-order valence-corrected chi connectivity index (χ3v) is 6.37. The first kappa shape index (κ1) is 20.3. The molecular formula is C22H24ClN3O2S. The van der Waals surface area contributed by atoms with Crippen LogP contribution in [0.5, 0.6) is 0 Å². The first-order valence-corrected chi connectivity index (χ1v) is 10.9. The van der Waals surface area contributed by atoms with Crippen molar-refractivity contribution in [3.8, 4) is 0 Å². The largest absolute Gasteiger partial charge is 0.379 e. The number of aromatic nitrogens is 1. The van der Waals surface area contributed by atoms with Crippen LogP contribution in [0.1, 0.15) is 16.1 Å². The van der Waals surface area contributed by atoms with Gasteiger partial charge in [0, 0.05) is 47.0 Å². The molecule has 7 heteroatoms. The number of hydrogen-bond acceptors (Lipinski definition) is 4. The fraction of sp³-hybridized carbons (Fsp3) is 0.318. The number of H-pyrrole nitrogens is 1. The molecular weight excluding hydrogens is 406 g/mol. The lowest BCUT2D eigenvalue weighted by Crippen LogP contribution is -2.41. The van der Waals surface area contributed by atoms with E-state index in [1.54, 1.807) is 11.8 Å². The number of nitrogens with zero attached hydrogens (tertiary/aromatic N) is 1. The van der Waals surface area contributed by atoms with E-state index >= 15 is 0 Å². The number of nitrogens with one attached hydrogen (secondary N) is 2. The molecule has 0 atom stereocenters. The highest BCUT2D eigenvalue weighted by Crippen LogP contribution is 2.37. The maximum absolute atomic E-state index is 13.0. The fourth-order valence-corrected chi connectivity index (χ4v) is 4.58. The second-order valence-corrected chi connectivity index (χ2v) is 8.66. The van der Waals surface area contributed by atoms with Gasteiger partial charge < -0.3 is 15.0 Å². The molecule has 0 radical (unpaired) electrons. The number of morpholine rings is 1. The van der Waals surface area contributed by atoms with E-state index in [4.69, 9.17) is 16.3 Å². The Morgan fingerprint density at radius 1 is 1.21 bits per heavy atom. The second kappa shape index (κ2) is 9.22. The van der Waals surface area contributed by atoms with E-state index < -0.39 is 0 Å². The molecule has 2 heterocycles. The van der Waals surface area contributed by atoms with E-state index in [2.05, 4.69) is 33.4 Å². The van der Waals surface area contributed by atoms with Crippen LogP contribution in [0.15, 0.2) is 52.3 Å². The number of halogens is 1. The zero-order valence-electron chi connectivity index (χ0n) is 16.3. The molecule has 1 amide bonds. The number of fused-ring (bicyclic) bond motifs is 1. The minimum absolute atomic E-state index is 0.0800.